The Morgan fingerprint density at radius 2 is 1.93 bits per heavy atom. The summed E-state index contributed by atoms with van der Waals surface area (Å²) in [6.45, 7) is 0.886. The topological polar surface area (TPSA) is 45.5 Å². The molecule has 28 heavy (non-hydrogen) atoms. The van der Waals surface area contributed by atoms with Crippen LogP contribution in [0.1, 0.15) is 16.8 Å². The van der Waals surface area contributed by atoms with Gasteiger partial charge in [0.1, 0.15) is 23.2 Å². The summed E-state index contributed by atoms with van der Waals surface area (Å²) >= 11 is 5.65. The van der Waals surface area contributed by atoms with Crippen LogP contribution in [-0.2, 0) is 24.2 Å². The van der Waals surface area contributed by atoms with Crippen LogP contribution in [0.25, 0.3) is 10.9 Å². The first-order valence-corrected chi connectivity index (χ1v) is 9.41. The Kier molecular flexibility index (Phi) is 4.85. The van der Waals surface area contributed by atoms with E-state index < -0.39 is 24.1 Å². The number of rotatable bonds is 5. The fraction of sp³-hybridized carbons (Fsp3) is 0.238. The maximum atomic E-state index is 14.5. The fourth-order valence-corrected chi connectivity index (χ4v) is 4.30. The van der Waals surface area contributed by atoms with E-state index in [1.165, 1.54) is 16.2 Å². The van der Waals surface area contributed by atoms with Crippen molar-refractivity contribution in [3.8, 4) is 0 Å². The molecule has 1 N–H and O–H groups in total. The zero-order valence-corrected chi connectivity index (χ0v) is 15.8. The summed E-state index contributed by atoms with van der Waals surface area (Å²) in [7, 11) is 0. The van der Waals surface area contributed by atoms with Gasteiger partial charge in [-0.3, -0.25) is 4.79 Å². The lowest BCUT2D eigenvalue weighted by Crippen LogP contribution is -2.39. The predicted molar refractivity (Wildman–Crippen MR) is 107 cm³/mol. The molecular formula is C21H18F2N2O2S. The van der Waals surface area contributed by atoms with Crippen molar-refractivity contribution in [2.45, 2.75) is 19.4 Å². The molecule has 4 rings (SSSR count). The second-order valence-electron chi connectivity index (χ2n) is 6.87. The van der Waals surface area contributed by atoms with Gasteiger partial charge in [-0.15, -0.1) is 0 Å². The van der Waals surface area contributed by atoms with Gasteiger partial charge in [0.25, 0.3) is 0 Å². The summed E-state index contributed by atoms with van der Waals surface area (Å²) in [4.78, 5) is 13.9. The molecule has 0 amide bonds. The number of halogens is 2. The van der Waals surface area contributed by atoms with Gasteiger partial charge in [0.15, 0.2) is 0 Å². The first-order valence-electron chi connectivity index (χ1n) is 9.01. The number of hydrogen-bond acceptors (Lipinski definition) is 2. The molecule has 0 fully saturated rings. The number of aromatic nitrogens is 1. The van der Waals surface area contributed by atoms with E-state index >= 15 is 0 Å². The number of carbonyl (C=O) groups is 1. The molecule has 0 atom stereocenters. The molecule has 0 bridgehead atoms. The minimum Gasteiger partial charge on any atom is -0.480 e. The number of fused-ring (bicyclic) bond motifs is 3. The van der Waals surface area contributed by atoms with Crippen molar-refractivity contribution in [1.82, 2.24) is 9.47 Å². The molecule has 1 aliphatic heterocycles. The van der Waals surface area contributed by atoms with E-state index in [9.17, 15) is 18.7 Å². The van der Waals surface area contributed by atoms with Crippen molar-refractivity contribution in [2.75, 3.05) is 13.1 Å². The minimum atomic E-state index is -1.09. The van der Waals surface area contributed by atoms with Gasteiger partial charge in [-0.25, -0.2) is 8.78 Å². The molecule has 2 heterocycles. The van der Waals surface area contributed by atoms with Gasteiger partial charge in [0, 0.05) is 24.5 Å². The number of aliphatic carboxylic acids is 1. The molecule has 0 saturated heterocycles. The van der Waals surface area contributed by atoms with Crippen molar-refractivity contribution in [1.29, 1.82) is 0 Å². The normalized spacial score (nSPS) is 13.8. The molecule has 0 radical (unpaired) electrons. The van der Waals surface area contributed by atoms with Crippen LogP contribution in [0.5, 0.6) is 0 Å². The van der Waals surface area contributed by atoms with Gasteiger partial charge in [-0.2, -0.15) is 0 Å². The number of carboxylic acids is 1. The second-order valence-corrected chi connectivity index (χ2v) is 7.25. The van der Waals surface area contributed by atoms with Crippen LogP contribution in [-0.4, -0.2) is 38.6 Å². The van der Waals surface area contributed by atoms with E-state index in [0.29, 0.717) is 35.8 Å². The van der Waals surface area contributed by atoms with Gasteiger partial charge < -0.3 is 14.6 Å². The average molecular weight is 400 g/mol. The molecule has 1 aliphatic rings. The van der Waals surface area contributed by atoms with Gasteiger partial charge >= 0.3 is 5.97 Å². The van der Waals surface area contributed by atoms with Gasteiger partial charge in [0.2, 0.25) is 0 Å². The van der Waals surface area contributed by atoms with Crippen LogP contribution < -0.4 is 0 Å². The van der Waals surface area contributed by atoms with E-state index in [4.69, 9.17) is 12.2 Å². The van der Waals surface area contributed by atoms with E-state index in [-0.39, 0.29) is 10.9 Å². The van der Waals surface area contributed by atoms with Crippen molar-refractivity contribution in [3.05, 3.63) is 70.9 Å². The highest BCUT2D eigenvalue weighted by atomic mass is 32.1. The Balaban J connectivity index is 1.74. The lowest BCUT2D eigenvalue weighted by atomic mass is 10.0. The van der Waals surface area contributed by atoms with Crippen LogP contribution in [0.3, 0.4) is 0 Å². The zero-order valence-electron chi connectivity index (χ0n) is 15.0. The summed E-state index contributed by atoms with van der Waals surface area (Å²) in [5, 5.41) is 9.59. The number of hydrogen-bond donors (Lipinski definition) is 1. The number of benzene rings is 2. The van der Waals surface area contributed by atoms with Crippen molar-refractivity contribution >= 4 is 34.1 Å². The first-order chi connectivity index (χ1) is 13.5. The van der Waals surface area contributed by atoms with E-state index in [2.05, 4.69) is 0 Å². The third-order valence-electron chi connectivity index (χ3n) is 5.11. The lowest BCUT2D eigenvalue weighted by molar-refractivity contribution is -0.137. The van der Waals surface area contributed by atoms with Crippen molar-refractivity contribution < 1.29 is 18.7 Å². The monoisotopic (exact) mass is 400 g/mol. The summed E-state index contributed by atoms with van der Waals surface area (Å²) in [6.07, 6.45) is 1.31. The number of thiocarbonyl (C=S) groups is 1. The summed E-state index contributed by atoms with van der Waals surface area (Å²) in [5.41, 5.74) is 2.58. The van der Waals surface area contributed by atoms with Crippen LogP contribution in [0.2, 0.25) is 0 Å². The SMILES string of the molecule is O=C(O)Cn1c2c(c3c(F)cc(F)cc31)CCN(CCc1ccccc1)C2=S. The highest BCUT2D eigenvalue weighted by Crippen LogP contribution is 2.33. The Bertz CT molecular complexity index is 1080. The standard InChI is InChI=1S/C21H18F2N2O2S/c22-14-10-16(23)19-15-7-9-24(8-6-13-4-2-1-3-5-13)21(28)20(15)25(12-18(26)27)17(19)11-14/h1-5,10-11H,6-9,12H2,(H,26,27). The lowest BCUT2D eigenvalue weighted by Gasteiger charge is -2.31. The van der Waals surface area contributed by atoms with E-state index in [0.717, 1.165) is 12.5 Å². The fourth-order valence-electron chi connectivity index (χ4n) is 3.88. The van der Waals surface area contributed by atoms with Gasteiger partial charge in [-0.1, -0.05) is 42.5 Å². The first kappa shape index (κ1) is 18.6. The number of nitrogens with zero attached hydrogens (tertiary/aromatic N) is 2. The molecular weight excluding hydrogens is 382 g/mol. The van der Waals surface area contributed by atoms with Crippen LogP contribution in [0.4, 0.5) is 8.78 Å². The summed E-state index contributed by atoms with van der Waals surface area (Å²) < 4.78 is 29.8. The Labute approximate surface area is 166 Å². The maximum Gasteiger partial charge on any atom is 0.323 e. The molecule has 2 aromatic carbocycles. The third-order valence-corrected chi connectivity index (χ3v) is 5.56. The van der Waals surface area contributed by atoms with E-state index in [1.807, 2.05) is 35.2 Å². The largest absolute Gasteiger partial charge is 0.480 e. The summed E-state index contributed by atoms with van der Waals surface area (Å²) in [6, 6.07) is 12.0. The predicted octanol–water partition coefficient (Wildman–Crippen LogP) is 3.78. The Morgan fingerprint density at radius 3 is 2.64 bits per heavy atom. The molecule has 0 spiro atoms. The number of carboxylic acid groups (broad SMARTS) is 1. The van der Waals surface area contributed by atoms with Crippen LogP contribution >= 0.6 is 12.2 Å². The maximum absolute atomic E-state index is 14.5. The quantitative estimate of drug-likeness (QED) is 0.662. The molecule has 144 valence electrons. The van der Waals surface area contributed by atoms with Gasteiger partial charge in [-0.05, 0) is 30.0 Å². The molecule has 1 aromatic heterocycles. The van der Waals surface area contributed by atoms with Crippen molar-refractivity contribution in [2.24, 2.45) is 0 Å². The van der Waals surface area contributed by atoms with Crippen LogP contribution in [0, 0.1) is 11.6 Å². The van der Waals surface area contributed by atoms with Gasteiger partial charge in [0.05, 0.1) is 11.2 Å². The molecule has 7 heteroatoms. The second kappa shape index (κ2) is 7.31. The zero-order chi connectivity index (χ0) is 19.8. The molecule has 4 nitrogen and oxygen atoms in total. The molecule has 3 aromatic rings. The molecule has 0 unspecified atom stereocenters. The Morgan fingerprint density at radius 1 is 1.18 bits per heavy atom. The highest BCUT2D eigenvalue weighted by Gasteiger charge is 2.30. The van der Waals surface area contributed by atoms with E-state index in [1.54, 1.807) is 0 Å². The minimum absolute atomic E-state index is 0.233. The van der Waals surface area contributed by atoms with Crippen molar-refractivity contribution in [3.63, 3.8) is 0 Å². The molecule has 0 saturated carbocycles. The third kappa shape index (κ3) is 3.26. The Hall–Kier alpha value is -2.80. The molecule has 0 aliphatic carbocycles. The van der Waals surface area contributed by atoms with Crippen LogP contribution in [0.15, 0.2) is 42.5 Å². The summed E-state index contributed by atoms with van der Waals surface area (Å²) in [5.74, 6) is -2.51. The average Bonchev–Trinajstić information content (AvgIpc) is 2.96. The smallest absolute Gasteiger partial charge is 0.323 e. The highest BCUT2D eigenvalue weighted by molar-refractivity contribution is 7.80.